The highest BCUT2D eigenvalue weighted by molar-refractivity contribution is 7.15. The summed E-state index contributed by atoms with van der Waals surface area (Å²) in [7, 11) is 0. The number of nitrogens with one attached hydrogen (secondary N) is 2. The number of rotatable bonds is 7. The first-order chi connectivity index (χ1) is 16.8. The van der Waals surface area contributed by atoms with Gasteiger partial charge in [0.2, 0.25) is 11.8 Å². The molecule has 1 aliphatic heterocycles. The fourth-order valence-electron chi connectivity index (χ4n) is 4.24. The summed E-state index contributed by atoms with van der Waals surface area (Å²) in [5.41, 5.74) is 1.66. The summed E-state index contributed by atoms with van der Waals surface area (Å²) in [6.07, 6.45) is 3.59. The quantitative estimate of drug-likeness (QED) is 0.515. The fourth-order valence-corrected chi connectivity index (χ4v) is 4.91. The number of anilines is 2. The maximum Gasteiger partial charge on any atom is 0.245 e. The molecule has 2 N–H and O–H groups in total. The highest BCUT2D eigenvalue weighted by Gasteiger charge is 2.30. The van der Waals surface area contributed by atoms with Crippen LogP contribution >= 0.6 is 11.3 Å². The van der Waals surface area contributed by atoms with E-state index in [4.69, 9.17) is 4.98 Å². The van der Waals surface area contributed by atoms with Gasteiger partial charge in [0.1, 0.15) is 23.5 Å². The lowest BCUT2D eigenvalue weighted by atomic mass is 9.94. The minimum absolute atomic E-state index is 0.130. The van der Waals surface area contributed by atoms with Gasteiger partial charge in [0.15, 0.2) is 5.13 Å². The van der Waals surface area contributed by atoms with E-state index in [0.717, 1.165) is 39.9 Å². The van der Waals surface area contributed by atoms with Crippen LogP contribution in [-0.2, 0) is 16.0 Å². The van der Waals surface area contributed by atoms with Gasteiger partial charge in [-0.15, -0.1) is 11.3 Å². The molecule has 2 aromatic heterocycles. The van der Waals surface area contributed by atoms with Crippen LogP contribution in [0.1, 0.15) is 47.6 Å². The van der Waals surface area contributed by atoms with E-state index in [1.807, 2.05) is 26.1 Å². The van der Waals surface area contributed by atoms with Gasteiger partial charge < -0.3 is 15.5 Å². The number of aromatic nitrogens is 3. The third-order valence-corrected chi connectivity index (χ3v) is 6.76. The molecule has 0 radical (unpaired) electrons. The zero-order valence-electron chi connectivity index (χ0n) is 20.0. The van der Waals surface area contributed by atoms with Gasteiger partial charge in [0.05, 0.1) is 0 Å². The van der Waals surface area contributed by atoms with Gasteiger partial charge in [-0.3, -0.25) is 9.59 Å². The average molecular weight is 497 g/mol. The lowest BCUT2D eigenvalue weighted by Crippen LogP contribution is -2.51. The number of hydrogen-bond donors (Lipinski definition) is 2. The standard InChI is InChI=1S/C25H29FN6O2S/c1-15-12-22(31-25-27-14-16(2)35-25)30-23(28-15)19-8-10-32(11-9-19)24(34)21(29-17(3)33)13-18-4-6-20(26)7-5-18/h4-7,12,14,19,21H,8-11,13H2,1-3H3,(H,29,33)(H,27,28,30,31)/t21-/m0/s1. The number of piperidine rings is 1. The van der Waals surface area contributed by atoms with Gasteiger partial charge in [-0.1, -0.05) is 12.1 Å². The average Bonchev–Trinajstić information content (AvgIpc) is 3.23. The molecule has 1 aliphatic rings. The van der Waals surface area contributed by atoms with Crippen LogP contribution < -0.4 is 10.6 Å². The minimum Gasteiger partial charge on any atom is -0.344 e. The topological polar surface area (TPSA) is 100 Å². The van der Waals surface area contributed by atoms with Crippen LogP contribution in [0.15, 0.2) is 36.5 Å². The first kappa shape index (κ1) is 24.7. The van der Waals surface area contributed by atoms with Crippen molar-refractivity contribution in [1.29, 1.82) is 0 Å². The predicted molar refractivity (Wildman–Crippen MR) is 133 cm³/mol. The zero-order chi connectivity index (χ0) is 24.9. The number of likely N-dealkylation sites (tertiary alicyclic amines) is 1. The molecule has 0 bridgehead atoms. The highest BCUT2D eigenvalue weighted by Crippen LogP contribution is 2.28. The number of thiazole rings is 1. The predicted octanol–water partition coefficient (Wildman–Crippen LogP) is 3.89. The lowest BCUT2D eigenvalue weighted by molar-refractivity contribution is -0.137. The molecule has 0 spiro atoms. The maximum atomic E-state index is 13.3. The first-order valence-corrected chi connectivity index (χ1v) is 12.4. The Morgan fingerprint density at radius 3 is 2.51 bits per heavy atom. The molecule has 1 aromatic carbocycles. The summed E-state index contributed by atoms with van der Waals surface area (Å²) >= 11 is 1.57. The Labute approximate surface area is 208 Å². The number of carbonyl (C=O) groups excluding carboxylic acids is 2. The van der Waals surface area contributed by atoms with E-state index in [2.05, 4.69) is 20.6 Å². The van der Waals surface area contributed by atoms with E-state index < -0.39 is 6.04 Å². The fraction of sp³-hybridized carbons (Fsp3) is 0.400. The Morgan fingerprint density at radius 2 is 1.89 bits per heavy atom. The number of nitrogens with zero attached hydrogens (tertiary/aromatic N) is 4. The van der Waals surface area contributed by atoms with Crippen molar-refractivity contribution in [3.05, 3.63) is 64.3 Å². The number of carbonyl (C=O) groups is 2. The Balaban J connectivity index is 1.40. The van der Waals surface area contributed by atoms with Crippen LogP contribution in [0.2, 0.25) is 0 Å². The second-order valence-corrected chi connectivity index (χ2v) is 10.1. The number of halogens is 1. The summed E-state index contributed by atoms with van der Waals surface area (Å²) in [4.78, 5) is 41.6. The lowest BCUT2D eigenvalue weighted by Gasteiger charge is -2.34. The molecule has 1 atom stereocenters. The molecule has 4 rings (SSSR count). The summed E-state index contributed by atoms with van der Waals surface area (Å²) in [6.45, 7) is 6.44. The third-order valence-electron chi connectivity index (χ3n) is 5.93. The first-order valence-electron chi connectivity index (χ1n) is 11.6. The molecule has 35 heavy (non-hydrogen) atoms. The number of aryl methyl sites for hydroxylation is 2. The zero-order valence-corrected chi connectivity index (χ0v) is 20.9. The second-order valence-electron chi connectivity index (χ2n) is 8.84. The number of hydrogen-bond acceptors (Lipinski definition) is 7. The van der Waals surface area contributed by atoms with Gasteiger partial charge in [-0.25, -0.2) is 19.3 Å². The summed E-state index contributed by atoms with van der Waals surface area (Å²) in [6, 6.07) is 7.19. The molecule has 0 aliphatic carbocycles. The van der Waals surface area contributed by atoms with E-state index in [1.165, 1.54) is 19.1 Å². The Kier molecular flexibility index (Phi) is 7.70. The summed E-state index contributed by atoms with van der Waals surface area (Å²) in [5.74, 6) is 0.868. The SMILES string of the molecule is CC(=O)N[C@@H](Cc1ccc(F)cc1)C(=O)N1CCC(c2nc(C)cc(Nc3ncc(C)s3)n2)CC1. The normalized spacial score (nSPS) is 15.0. The molecular weight excluding hydrogens is 467 g/mol. The molecule has 1 saturated heterocycles. The molecule has 1 fully saturated rings. The van der Waals surface area contributed by atoms with Crippen LogP contribution in [0.5, 0.6) is 0 Å². The third kappa shape index (κ3) is 6.60. The maximum absolute atomic E-state index is 13.3. The van der Waals surface area contributed by atoms with Crippen molar-refractivity contribution in [2.75, 3.05) is 18.4 Å². The monoisotopic (exact) mass is 496 g/mol. The van der Waals surface area contributed by atoms with Crippen LogP contribution in [0.25, 0.3) is 0 Å². The summed E-state index contributed by atoms with van der Waals surface area (Å²) in [5, 5.41) is 6.81. The molecule has 0 saturated carbocycles. The van der Waals surface area contributed by atoms with Crippen molar-refractivity contribution in [3.63, 3.8) is 0 Å². The van der Waals surface area contributed by atoms with E-state index in [-0.39, 0.29) is 23.5 Å². The van der Waals surface area contributed by atoms with E-state index >= 15 is 0 Å². The van der Waals surface area contributed by atoms with Gasteiger partial charge in [-0.05, 0) is 44.4 Å². The van der Waals surface area contributed by atoms with Crippen molar-refractivity contribution in [3.8, 4) is 0 Å². The molecule has 2 amide bonds. The Bertz CT molecular complexity index is 1190. The van der Waals surface area contributed by atoms with Crippen molar-refractivity contribution >= 4 is 34.1 Å². The number of benzene rings is 1. The van der Waals surface area contributed by atoms with E-state index in [1.54, 1.807) is 28.4 Å². The molecule has 0 unspecified atom stereocenters. The molecule has 3 heterocycles. The van der Waals surface area contributed by atoms with E-state index in [9.17, 15) is 14.0 Å². The van der Waals surface area contributed by atoms with Gasteiger partial charge in [0, 0.05) is 55.2 Å². The van der Waals surface area contributed by atoms with Gasteiger partial charge in [-0.2, -0.15) is 0 Å². The minimum atomic E-state index is -0.692. The van der Waals surface area contributed by atoms with Crippen molar-refractivity contribution in [1.82, 2.24) is 25.2 Å². The molecule has 10 heteroatoms. The van der Waals surface area contributed by atoms with Crippen molar-refractivity contribution < 1.29 is 14.0 Å². The highest BCUT2D eigenvalue weighted by atomic mass is 32.1. The van der Waals surface area contributed by atoms with Crippen LogP contribution in [0.4, 0.5) is 15.3 Å². The summed E-state index contributed by atoms with van der Waals surface area (Å²) < 4.78 is 13.3. The van der Waals surface area contributed by atoms with E-state index in [0.29, 0.717) is 25.3 Å². The van der Waals surface area contributed by atoms with Crippen LogP contribution in [0.3, 0.4) is 0 Å². The Hall–Kier alpha value is -3.40. The van der Waals surface area contributed by atoms with Crippen LogP contribution in [-0.4, -0.2) is 50.8 Å². The number of amides is 2. The largest absolute Gasteiger partial charge is 0.344 e. The molecule has 184 valence electrons. The van der Waals surface area contributed by atoms with Gasteiger partial charge >= 0.3 is 0 Å². The molecule has 3 aromatic rings. The molecule has 8 nitrogen and oxygen atoms in total. The smallest absolute Gasteiger partial charge is 0.245 e. The van der Waals surface area contributed by atoms with Crippen LogP contribution in [0, 0.1) is 19.7 Å². The second kappa shape index (κ2) is 10.9. The Morgan fingerprint density at radius 1 is 1.17 bits per heavy atom. The van der Waals surface area contributed by atoms with Crippen molar-refractivity contribution in [2.24, 2.45) is 0 Å². The molecular formula is C25H29FN6O2S. The van der Waals surface area contributed by atoms with Gasteiger partial charge in [0.25, 0.3) is 0 Å². The van der Waals surface area contributed by atoms with Crippen molar-refractivity contribution in [2.45, 2.75) is 52.0 Å².